The molecule has 3 aromatic rings. The normalized spacial score (nSPS) is 17.6. The summed E-state index contributed by atoms with van der Waals surface area (Å²) in [5, 5.41) is 7.98. The van der Waals surface area contributed by atoms with Gasteiger partial charge in [0, 0.05) is 17.5 Å². The topological polar surface area (TPSA) is 102 Å². The standard InChI is InChI=1S/C32H39N3O5/c1-5-21-19-27(34-35-29(36)28(22-12-8-6-9-13-22)33-30(37)40-31(2,3)4)38-26-20-25-23(18-24(21)26)14-17-32(39-25)15-10-7-11-16-32/h6,8-9,12-13,18-20,28H,5,7,10-11,14-17H2,1-4H3,(H,33,37)(H,35,36). The first-order chi connectivity index (χ1) is 19.1. The average Bonchev–Trinajstić information content (AvgIpc) is 2.93. The first-order valence-electron chi connectivity index (χ1n) is 14.3. The van der Waals surface area contributed by atoms with Gasteiger partial charge in [0.15, 0.2) is 0 Å². The van der Waals surface area contributed by atoms with E-state index < -0.39 is 23.6 Å². The summed E-state index contributed by atoms with van der Waals surface area (Å²) in [7, 11) is 0. The molecule has 2 heterocycles. The fourth-order valence-corrected chi connectivity index (χ4v) is 5.69. The van der Waals surface area contributed by atoms with E-state index in [1.54, 1.807) is 45.0 Å². The van der Waals surface area contributed by atoms with E-state index >= 15 is 0 Å². The van der Waals surface area contributed by atoms with Crippen molar-refractivity contribution in [3.8, 4) is 5.75 Å². The maximum atomic E-state index is 13.3. The van der Waals surface area contributed by atoms with Crippen molar-refractivity contribution in [1.29, 1.82) is 0 Å². The number of aryl methyl sites for hydroxylation is 2. The number of hydrogen-bond donors (Lipinski definition) is 2. The van der Waals surface area contributed by atoms with Crippen molar-refractivity contribution in [3.05, 3.63) is 70.8 Å². The number of nitrogens with one attached hydrogen (secondary N) is 2. The highest BCUT2D eigenvalue weighted by Crippen LogP contribution is 2.43. The third-order valence-corrected chi connectivity index (χ3v) is 7.68. The summed E-state index contributed by atoms with van der Waals surface area (Å²) in [6.07, 6.45) is 8.05. The van der Waals surface area contributed by atoms with E-state index in [1.807, 2.05) is 18.2 Å². The van der Waals surface area contributed by atoms with Gasteiger partial charge in [-0.2, -0.15) is 0 Å². The Bertz CT molecular complexity index is 1450. The van der Waals surface area contributed by atoms with Crippen molar-refractivity contribution in [2.75, 3.05) is 0 Å². The maximum Gasteiger partial charge on any atom is 0.408 e. The first kappa shape index (κ1) is 27.7. The van der Waals surface area contributed by atoms with E-state index in [9.17, 15) is 9.59 Å². The molecule has 2 aromatic carbocycles. The molecule has 2 N–H and O–H groups in total. The van der Waals surface area contributed by atoms with Gasteiger partial charge in [-0.05, 0) is 88.5 Å². The number of nitrogens with zero attached hydrogens (tertiary/aromatic N) is 1. The monoisotopic (exact) mass is 545 g/mol. The zero-order valence-corrected chi connectivity index (χ0v) is 23.8. The van der Waals surface area contributed by atoms with E-state index in [0.29, 0.717) is 11.1 Å². The van der Waals surface area contributed by atoms with Gasteiger partial charge in [0.1, 0.15) is 28.6 Å². The number of ether oxygens (including phenoxy) is 2. The van der Waals surface area contributed by atoms with E-state index in [2.05, 4.69) is 28.8 Å². The van der Waals surface area contributed by atoms with Crippen LogP contribution in [0.25, 0.3) is 11.0 Å². The molecule has 40 heavy (non-hydrogen) atoms. The number of rotatable bonds is 5. The number of hydrogen-bond acceptors (Lipinski definition) is 6. The fourth-order valence-electron chi connectivity index (χ4n) is 5.69. The molecular weight excluding hydrogens is 506 g/mol. The summed E-state index contributed by atoms with van der Waals surface area (Å²) in [6, 6.07) is 14.0. The summed E-state index contributed by atoms with van der Waals surface area (Å²) in [6.45, 7) is 7.38. The van der Waals surface area contributed by atoms with Crippen molar-refractivity contribution in [1.82, 2.24) is 10.7 Å². The Hall–Kier alpha value is -3.81. The van der Waals surface area contributed by atoms with Gasteiger partial charge < -0.3 is 19.2 Å². The molecule has 1 aliphatic carbocycles. The van der Waals surface area contributed by atoms with Gasteiger partial charge >= 0.3 is 6.09 Å². The molecule has 1 saturated carbocycles. The lowest BCUT2D eigenvalue weighted by atomic mass is 9.79. The number of alkyl carbamates (subject to hydrolysis) is 1. The quantitative estimate of drug-likeness (QED) is 0.371. The molecule has 1 spiro atoms. The van der Waals surface area contributed by atoms with Crippen LogP contribution >= 0.6 is 0 Å². The summed E-state index contributed by atoms with van der Waals surface area (Å²) in [5.41, 5.74) is 5.65. The van der Waals surface area contributed by atoms with Crippen molar-refractivity contribution in [3.63, 3.8) is 0 Å². The number of carbonyl (C=O) groups excluding carboxylic acids is 2. The largest absolute Gasteiger partial charge is 0.487 e. The molecule has 1 unspecified atom stereocenters. The Kier molecular flexibility index (Phi) is 7.88. The van der Waals surface area contributed by atoms with Gasteiger partial charge in [0.05, 0.1) is 0 Å². The predicted molar refractivity (Wildman–Crippen MR) is 153 cm³/mol. The van der Waals surface area contributed by atoms with Crippen molar-refractivity contribution in [2.24, 2.45) is 5.10 Å². The van der Waals surface area contributed by atoms with E-state index in [-0.39, 0.29) is 11.2 Å². The van der Waals surface area contributed by atoms with Gasteiger partial charge in [0.2, 0.25) is 5.55 Å². The Morgan fingerprint density at radius 2 is 1.80 bits per heavy atom. The minimum absolute atomic E-state index is 0.0595. The fraction of sp³-hybridized carbons (Fsp3) is 0.469. The van der Waals surface area contributed by atoms with E-state index in [1.165, 1.54) is 24.8 Å². The highest BCUT2D eigenvalue weighted by atomic mass is 16.6. The van der Waals surface area contributed by atoms with Gasteiger partial charge in [-0.25, -0.2) is 10.2 Å². The molecule has 0 radical (unpaired) electrons. The number of amides is 2. The van der Waals surface area contributed by atoms with Crippen molar-refractivity contribution < 1.29 is 23.5 Å². The second-order valence-corrected chi connectivity index (χ2v) is 11.8. The second kappa shape index (κ2) is 11.4. The molecule has 5 rings (SSSR count). The van der Waals surface area contributed by atoms with Crippen LogP contribution in [0.5, 0.6) is 5.75 Å². The van der Waals surface area contributed by atoms with Gasteiger partial charge in [-0.15, -0.1) is 5.10 Å². The van der Waals surface area contributed by atoms with Crippen LogP contribution in [0.15, 0.2) is 58.0 Å². The average molecular weight is 546 g/mol. The molecule has 0 saturated heterocycles. The first-order valence-corrected chi connectivity index (χ1v) is 14.3. The zero-order valence-electron chi connectivity index (χ0n) is 23.8. The molecule has 2 amide bonds. The van der Waals surface area contributed by atoms with Crippen LogP contribution in [-0.2, 0) is 22.4 Å². The number of carbonyl (C=O) groups is 2. The van der Waals surface area contributed by atoms with Crippen LogP contribution in [0.1, 0.15) is 89.0 Å². The lowest BCUT2D eigenvalue weighted by Gasteiger charge is -2.41. The molecule has 8 nitrogen and oxygen atoms in total. The highest BCUT2D eigenvalue weighted by Gasteiger charge is 2.37. The molecule has 1 fully saturated rings. The van der Waals surface area contributed by atoms with Crippen LogP contribution in [0.2, 0.25) is 0 Å². The van der Waals surface area contributed by atoms with E-state index in [4.69, 9.17) is 13.9 Å². The van der Waals surface area contributed by atoms with Crippen molar-refractivity contribution in [2.45, 2.75) is 96.3 Å². The summed E-state index contributed by atoms with van der Waals surface area (Å²) < 4.78 is 18.2. The van der Waals surface area contributed by atoms with Crippen LogP contribution in [0, 0.1) is 0 Å². The molecule has 0 bridgehead atoms. The van der Waals surface area contributed by atoms with Crippen LogP contribution in [-0.4, -0.2) is 23.2 Å². The third-order valence-electron chi connectivity index (χ3n) is 7.68. The van der Waals surface area contributed by atoms with Crippen LogP contribution in [0.4, 0.5) is 4.79 Å². The van der Waals surface area contributed by atoms with Crippen LogP contribution < -0.4 is 21.0 Å². The maximum absolute atomic E-state index is 13.3. The molecular formula is C32H39N3O5. The second-order valence-electron chi connectivity index (χ2n) is 11.8. The Morgan fingerprint density at radius 1 is 1.05 bits per heavy atom. The highest BCUT2D eigenvalue weighted by molar-refractivity contribution is 5.87. The molecule has 1 atom stereocenters. The Balaban J connectivity index is 1.42. The lowest BCUT2D eigenvalue weighted by molar-refractivity contribution is -0.123. The number of fused-ring (bicyclic) bond motifs is 2. The minimum Gasteiger partial charge on any atom is -0.487 e. The van der Waals surface area contributed by atoms with Crippen molar-refractivity contribution >= 4 is 23.0 Å². The molecule has 1 aliphatic heterocycles. The Morgan fingerprint density at radius 3 is 2.50 bits per heavy atom. The molecule has 8 heteroatoms. The molecule has 1 aromatic heterocycles. The molecule has 2 aliphatic rings. The summed E-state index contributed by atoms with van der Waals surface area (Å²) >= 11 is 0. The zero-order chi connectivity index (χ0) is 28.3. The predicted octanol–water partition coefficient (Wildman–Crippen LogP) is 6.22. The SMILES string of the molecule is CCc1cc(=NNC(=O)C(NC(=O)OC(C)(C)C)c2ccccc2)oc2cc3c(cc12)CCC1(CCCCC1)O3. The van der Waals surface area contributed by atoms with Gasteiger partial charge in [0.25, 0.3) is 5.91 Å². The van der Waals surface area contributed by atoms with E-state index in [0.717, 1.165) is 48.8 Å². The van der Waals surface area contributed by atoms with Gasteiger partial charge in [-0.3, -0.25) is 4.79 Å². The smallest absolute Gasteiger partial charge is 0.408 e. The molecule has 212 valence electrons. The minimum atomic E-state index is -1.00. The Labute approximate surface area is 235 Å². The lowest BCUT2D eigenvalue weighted by Crippen LogP contribution is -2.41. The van der Waals surface area contributed by atoms with Crippen LogP contribution in [0.3, 0.4) is 0 Å². The van der Waals surface area contributed by atoms with Gasteiger partial charge in [-0.1, -0.05) is 43.7 Å². The third kappa shape index (κ3) is 6.32. The summed E-state index contributed by atoms with van der Waals surface area (Å²) in [4.78, 5) is 25.8. The summed E-state index contributed by atoms with van der Waals surface area (Å²) in [5.74, 6) is 0.372. The number of benzene rings is 2.